The minimum absolute atomic E-state index is 0.0412. The van der Waals surface area contributed by atoms with Crippen LogP contribution in [0, 0.1) is 24.7 Å². The Morgan fingerprint density at radius 2 is 1.05 bits per heavy atom. The van der Waals surface area contributed by atoms with E-state index < -0.39 is 46.4 Å². The molecule has 3 N–H and O–H groups in total. The molecule has 0 saturated heterocycles. The van der Waals surface area contributed by atoms with Crippen molar-refractivity contribution in [3.8, 4) is 0 Å². The molecule has 220 valence electrons. The Morgan fingerprint density at radius 1 is 0.692 bits per heavy atom. The Kier molecular flexibility index (Phi) is 14.3. The van der Waals surface area contributed by atoms with Gasteiger partial charge in [0.1, 0.15) is 5.76 Å². The van der Waals surface area contributed by atoms with Crippen molar-refractivity contribution in [2.45, 2.75) is 79.2 Å². The van der Waals surface area contributed by atoms with Gasteiger partial charge in [-0.25, -0.2) is 9.59 Å². The molecular formula is C24H33BrO14. The van der Waals surface area contributed by atoms with Gasteiger partial charge in [-0.2, -0.15) is 0 Å². The third-order valence-electron chi connectivity index (χ3n) is 4.67. The summed E-state index contributed by atoms with van der Waals surface area (Å²) in [6.07, 6.45) is -0.402. The summed E-state index contributed by atoms with van der Waals surface area (Å²) < 4.78 is 23.3. The number of rotatable bonds is 11. The number of carbonyl (C=O) groups excluding carboxylic acids is 1. The fourth-order valence-electron chi connectivity index (χ4n) is 2.94. The summed E-state index contributed by atoms with van der Waals surface area (Å²) >= 11 is 3.13. The monoisotopic (exact) mass is 624 g/mol. The van der Waals surface area contributed by atoms with E-state index in [-0.39, 0.29) is 43.8 Å². The van der Waals surface area contributed by atoms with Gasteiger partial charge in [0, 0.05) is 0 Å². The summed E-state index contributed by atoms with van der Waals surface area (Å²) in [5, 5.41) is 26.0. The van der Waals surface area contributed by atoms with Gasteiger partial charge in [0.15, 0.2) is 23.9 Å². The van der Waals surface area contributed by atoms with E-state index in [0.29, 0.717) is 16.9 Å². The molecule has 2 heterocycles. The molecule has 0 fully saturated rings. The van der Waals surface area contributed by atoms with E-state index in [4.69, 9.17) is 20.1 Å². The van der Waals surface area contributed by atoms with Crippen molar-refractivity contribution in [2.24, 2.45) is 10.8 Å². The highest BCUT2D eigenvalue weighted by molar-refractivity contribution is 9.08. The van der Waals surface area contributed by atoms with Crippen molar-refractivity contribution in [1.29, 1.82) is 0 Å². The molecule has 2 aromatic heterocycles. The van der Waals surface area contributed by atoms with Crippen molar-refractivity contribution < 1.29 is 56.9 Å². The van der Waals surface area contributed by atoms with Gasteiger partial charge in [-0.05, 0) is 24.7 Å². The molecule has 0 aliphatic carbocycles. The summed E-state index contributed by atoms with van der Waals surface area (Å²) in [6, 6.07) is 0. The SMILES string of the molecule is CC(C)(CC(=O)O)CC(=O)O.Cc1oc(=O)oc1CBr.Cc1oc(=O)oc1COC(=O)CC(C)(C)CC(=O)O. The lowest BCUT2D eigenvalue weighted by Crippen LogP contribution is -2.22. The molecule has 0 aromatic carbocycles. The first-order valence-electron chi connectivity index (χ1n) is 11.3. The molecule has 14 nitrogen and oxygen atoms in total. The molecule has 39 heavy (non-hydrogen) atoms. The average molecular weight is 625 g/mol. The second kappa shape index (κ2) is 15.7. The van der Waals surface area contributed by atoms with Crippen LogP contribution in [-0.4, -0.2) is 39.2 Å². The number of hydrogen-bond acceptors (Lipinski definition) is 11. The van der Waals surface area contributed by atoms with Crippen LogP contribution in [0.25, 0.3) is 0 Å². The average Bonchev–Trinajstić information content (AvgIpc) is 3.22. The third-order valence-corrected chi connectivity index (χ3v) is 5.18. The molecule has 0 saturated carbocycles. The van der Waals surface area contributed by atoms with Crippen LogP contribution in [0.15, 0.2) is 27.3 Å². The van der Waals surface area contributed by atoms with Gasteiger partial charge in [0.05, 0.1) is 31.0 Å². The van der Waals surface area contributed by atoms with Crippen LogP contribution >= 0.6 is 15.9 Å². The molecule has 2 rings (SSSR count). The standard InChI is InChI=1S/C12H16O7.C7H12O4.C5H5BrO3/c1-7-8(19-11(16)18-7)6-17-10(15)5-12(2,3)4-9(13)14;1-7(2,3-5(8)9)4-6(10)11;1-3-4(2-6)9-5(7)8-3/h4-6H2,1-3H3,(H,13,14);3-4H2,1-2H3,(H,8,9)(H,10,11);2H2,1H3. The molecule has 15 heteroatoms. The maximum Gasteiger partial charge on any atom is 0.519 e. The van der Waals surface area contributed by atoms with Crippen LogP contribution < -0.4 is 11.6 Å². The number of carboxylic acid groups (broad SMARTS) is 3. The van der Waals surface area contributed by atoms with E-state index in [9.17, 15) is 28.8 Å². The van der Waals surface area contributed by atoms with E-state index in [0.717, 1.165) is 0 Å². The number of hydrogen-bond donors (Lipinski definition) is 3. The van der Waals surface area contributed by atoms with Crippen LogP contribution in [0.3, 0.4) is 0 Å². The summed E-state index contributed by atoms with van der Waals surface area (Å²) in [6.45, 7) is 9.55. The maximum atomic E-state index is 11.6. The molecule has 2 aromatic rings. The van der Waals surface area contributed by atoms with Gasteiger partial charge in [-0.15, -0.1) is 0 Å². The van der Waals surface area contributed by atoms with Gasteiger partial charge in [-0.3, -0.25) is 19.2 Å². The first kappa shape index (κ1) is 35.4. The topological polar surface area (TPSA) is 225 Å². The van der Waals surface area contributed by atoms with Crippen molar-refractivity contribution in [3.63, 3.8) is 0 Å². The fraction of sp³-hybridized carbons (Fsp3) is 0.583. The molecule has 0 aliphatic heterocycles. The zero-order chi connectivity index (χ0) is 30.6. The molecule has 0 amide bonds. The highest BCUT2D eigenvalue weighted by Gasteiger charge is 2.26. The van der Waals surface area contributed by atoms with Gasteiger partial charge in [0.2, 0.25) is 0 Å². The Hall–Kier alpha value is -3.62. The second-order valence-corrected chi connectivity index (χ2v) is 10.4. The molecule has 0 atom stereocenters. The van der Waals surface area contributed by atoms with Crippen LogP contribution in [0.2, 0.25) is 0 Å². The van der Waals surface area contributed by atoms with Crippen LogP contribution in [0.4, 0.5) is 0 Å². The highest BCUT2D eigenvalue weighted by atomic mass is 79.9. The quantitative estimate of drug-likeness (QED) is 0.238. The Morgan fingerprint density at radius 3 is 1.33 bits per heavy atom. The number of esters is 1. The number of halogens is 1. The Labute approximate surface area is 231 Å². The first-order valence-corrected chi connectivity index (χ1v) is 12.4. The number of ether oxygens (including phenoxy) is 1. The summed E-state index contributed by atoms with van der Waals surface area (Å²) in [5.74, 6) is -3.46. The predicted molar refractivity (Wildman–Crippen MR) is 135 cm³/mol. The third kappa shape index (κ3) is 16.1. The lowest BCUT2D eigenvalue weighted by atomic mass is 9.86. The van der Waals surface area contributed by atoms with Crippen molar-refractivity contribution in [1.82, 2.24) is 0 Å². The van der Waals surface area contributed by atoms with Crippen LogP contribution in [0.5, 0.6) is 0 Å². The smallest absolute Gasteiger partial charge is 0.481 e. The number of aliphatic carboxylic acids is 3. The van der Waals surface area contributed by atoms with E-state index >= 15 is 0 Å². The van der Waals surface area contributed by atoms with Crippen LogP contribution in [-0.2, 0) is 35.9 Å². The molecule has 0 spiro atoms. The summed E-state index contributed by atoms with van der Waals surface area (Å²) in [7, 11) is 0. The number of alkyl halides is 1. The van der Waals surface area contributed by atoms with Gasteiger partial charge in [0.25, 0.3) is 0 Å². The van der Waals surface area contributed by atoms with Gasteiger partial charge in [-0.1, -0.05) is 43.6 Å². The zero-order valence-electron chi connectivity index (χ0n) is 22.5. The van der Waals surface area contributed by atoms with Crippen molar-refractivity contribution in [2.75, 3.05) is 0 Å². The van der Waals surface area contributed by atoms with Crippen molar-refractivity contribution >= 4 is 39.8 Å². The Balaban J connectivity index is 0.000000611. The number of carboxylic acids is 3. The first-order chi connectivity index (χ1) is 17.8. The van der Waals surface area contributed by atoms with Crippen LogP contribution in [0.1, 0.15) is 76.4 Å². The maximum absolute atomic E-state index is 11.6. The molecular weight excluding hydrogens is 592 g/mol. The minimum Gasteiger partial charge on any atom is -0.481 e. The van der Waals surface area contributed by atoms with E-state index in [1.54, 1.807) is 34.6 Å². The minimum atomic E-state index is -0.977. The fourth-order valence-corrected chi connectivity index (χ4v) is 3.45. The summed E-state index contributed by atoms with van der Waals surface area (Å²) in [5.41, 5.74) is -1.35. The molecule has 0 unspecified atom stereocenters. The lowest BCUT2D eigenvalue weighted by Gasteiger charge is -2.20. The van der Waals surface area contributed by atoms with Gasteiger partial charge < -0.3 is 37.7 Å². The van der Waals surface area contributed by atoms with E-state index in [1.165, 1.54) is 6.92 Å². The molecule has 0 radical (unpaired) electrons. The molecule has 0 aliphatic rings. The van der Waals surface area contributed by atoms with Gasteiger partial charge >= 0.3 is 35.5 Å². The largest absolute Gasteiger partial charge is 0.519 e. The number of aryl methyl sites for hydroxylation is 2. The number of carbonyl (C=O) groups is 4. The summed E-state index contributed by atoms with van der Waals surface area (Å²) in [4.78, 5) is 63.7. The second-order valence-electron chi connectivity index (χ2n) is 9.88. The highest BCUT2D eigenvalue weighted by Crippen LogP contribution is 2.26. The predicted octanol–water partition coefficient (Wildman–Crippen LogP) is 3.87. The Bertz CT molecular complexity index is 1210. The van der Waals surface area contributed by atoms with E-state index in [1.807, 2.05) is 0 Å². The lowest BCUT2D eigenvalue weighted by molar-refractivity contribution is -0.149. The zero-order valence-corrected chi connectivity index (χ0v) is 24.0. The molecule has 0 bridgehead atoms. The van der Waals surface area contributed by atoms with Crippen molar-refractivity contribution in [3.05, 3.63) is 44.3 Å². The normalized spacial score (nSPS) is 10.9. The van der Waals surface area contributed by atoms with E-state index in [2.05, 4.69) is 33.6 Å².